The van der Waals surface area contributed by atoms with E-state index in [0.717, 1.165) is 18.0 Å². The molecular formula is C21H20F2N4O3. The van der Waals surface area contributed by atoms with E-state index >= 15 is 0 Å². The summed E-state index contributed by atoms with van der Waals surface area (Å²) in [6.45, 7) is 0.268. The molecule has 0 saturated heterocycles. The average Bonchev–Trinajstić information content (AvgIpc) is 3.17. The van der Waals surface area contributed by atoms with Crippen LogP contribution < -0.4 is 15.4 Å². The van der Waals surface area contributed by atoms with Gasteiger partial charge in [0, 0.05) is 32.1 Å². The number of ether oxygens (including phenoxy) is 1. The Bertz CT molecular complexity index is 1050. The third-order valence-corrected chi connectivity index (χ3v) is 4.47. The maximum atomic E-state index is 13.6. The van der Waals surface area contributed by atoms with Crippen molar-refractivity contribution >= 4 is 11.8 Å². The number of amides is 2. The zero-order chi connectivity index (χ0) is 21.7. The van der Waals surface area contributed by atoms with Gasteiger partial charge in [0.1, 0.15) is 24.2 Å². The molecule has 3 aromatic rings. The summed E-state index contributed by atoms with van der Waals surface area (Å²) in [5, 5.41) is 4.93. The molecule has 3 rings (SSSR count). The number of carbonyl (C=O) groups is 2. The largest absolute Gasteiger partial charge is 0.486 e. The van der Waals surface area contributed by atoms with Crippen LogP contribution in [0.3, 0.4) is 0 Å². The molecule has 0 bridgehead atoms. The van der Waals surface area contributed by atoms with E-state index in [2.05, 4.69) is 15.6 Å². The second-order valence-electron chi connectivity index (χ2n) is 6.46. The first-order chi connectivity index (χ1) is 14.4. The number of hydrogen-bond donors (Lipinski definition) is 2. The molecule has 0 aliphatic heterocycles. The molecule has 1 unspecified atom stereocenters. The van der Waals surface area contributed by atoms with Gasteiger partial charge in [0.2, 0.25) is 5.91 Å². The number of nitrogens with one attached hydrogen (secondary N) is 2. The van der Waals surface area contributed by atoms with E-state index in [1.165, 1.54) is 25.2 Å². The van der Waals surface area contributed by atoms with E-state index in [1.807, 2.05) is 17.8 Å². The number of imidazole rings is 1. The Morgan fingerprint density at radius 1 is 1.13 bits per heavy atom. The van der Waals surface area contributed by atoms with E-state index in [1.54, 1.807) is 18.3 Å². The first-order valence-electron chi connectivity index (χ1n) is 9.05. The predicted octanol–water partition coefficient (Wildman–Crippen LogP) is 2.49. The normalized spacial score (nSPS) is 11.6. The SMILES string of the molecule is CNC(=O)C(NC(=O)c1ccc(OCc2nccn2C)cc1)c1ccc(F)c(F)c1. The molecular weight excluding hydrogens is 394 g/mol. The second-order valence-corrected chi connectivity index (χ2v) is 6.46. The van der Waals surface area contributed by atoms with Gasteiger partial charge >= 0.3 is 0 Å². The lowest BCUT2D eigenvalue weighted by Crippen LogP contribution is -2.39. The quantitative estimate of drug-likeness (QED) is 0.622. The van der Waals surface area contributed by atoms with Crippen molar-refractivity contribution in [3.05, 3.63) is 83.4 Å². The van der Waals surface area contributed by atoms with Gasteiger partial charge in [0.25, 0.3) is 5.91 Å². The fourth-order valence-electron chi connectivity index (χ4n) is 2.74. The van der Waals surface area contributed by atoms with Gasteiger partial charge in [-0.25, -0.2) is 13.8 Å². The molecule has 2 aromatic carbocycles. The van der Waals surface area contributed by atoms with Crippen molar-refractivity contribution in [2.75, 3.05) is 7.05 Å². The Labute approximate surface area is 171 Å². The number of carbonyl (C=O) groups excluding carboxylic acids is 2. The molecule has 9 heteroatoms. The topological polar surface area (TPSA) is 85.2 Å². The van der Waals surface area contributed by atoms with Crippen LogP contribution in [-0.2, 0) is 18.4 Å². The van der Waals surface area contributed by atoms with Crippen molar-refractivity contribution in [2.24, 2.45) is 7.05 Å². The number of aryl methyl sites for hydroxylation is 1. The molecule has 1 aromatic heterocycles. The minimum atomic E-state index is -1.18. The lowest BCUT2D eigenvalue weighted by molar-refractivity contribution is -0.122. The predicted molar refractivity (Wildman–Crippen MR) is 105 cm³/mol. The first kappa shape index (κ1) is 21.0. The summed E-state index contributed by atoms with van der Waals surface area (Å²) < 4.78 is 34.2. The lowest BCUT2D eigenvalue weighted by Gasteiger charge is -2.18. The number of likely N-dealkylation sites (N-methyl/N-ethyl adjacent to an activating group) is 1. The Kier molecular flexibility index (Phi) is 6.41. The molecule has 7 nitrogen and oxygen atoms in total. The van der Waals surface area contributed by atoms with Crippen LogP contribution in [-0.4, -0.2) is 28.4 Å². The van der Waals surface area contributed by atoms with Gasteiger partial charge in [-0.2, -0.15) is 0 Å². The molecule has 0 aliphatic rings. The first-order valence-corrected chi connectivity index (χ1v) is 9.05. The summed E-state index contributed by atoms with van der Waals surface area (Å²) in [5.41, 5.74) is 0.396. The molecule has 2 N–H and O–H groups in total. The summed E-state index contributed by atoms with van der Waals surface area (Å²) in [6.07, 6.45) is 3.48. The van der Waals surface area contributed by atoms with Gasteiger partial charge in [0.05, 0.1) is 0 Å². The van der Waals surface area contributed by atoms with Crippen molar-refractivity contribution in [1.29, 1.82) is 0 Å². The number of aromatic nitrogens is 2. The Morgan fingerprint density at radius 2 is 1.87 bits per heavy atom. The van der Waals surface area contributed by atoms with E-state index in [9.17, 15) is 18.4 Å². The van der Waals surface area contributed by atoms with Gasteiger partial charge in [-0.1, -0.05) is 6.07 Å². The summed E-state index contributed by atoms with van der Waals surface area (Å²) in [7, 11) is 3.24. The van der Waals surface area contributed by atoms with Crippen LogP contribution in [0.25, 0.3) is 0 Å². The van der Waals surface area contributed by atoms with Crippen LogP contribution in [0.4, 0.5) is 8.78 Å². The smallest absolute Gasteiger partial charge is 0.252 e. The van der Waals surface area contributed by atoms with Crippen molar-refractivity contribution in [1.82, 2.24) is 20.2 Å². The van der Waals surface area contributed by atoms with Gasteiger partial charge in [-0.15, -0.1) is 0 Å². The highest BCUT2D eigenvalue weighted by Gasteiger charge is 2.23. The third kappa shape index (κ3) is 4.80. The van der Waals surface area contributed by atoms with Crippen molar-refractivity contribution in [3.8, 4) is 5.75 Å². The van der Waals surface area contributed by atoms with Crippen molar-refractivity contribution in [2.45, 2.75) is 12.6 Å². The standard InChI is InChI=1S/C21H20F2N4O3/c1-24-21(29)19(14-5-8-16(22)17(23)11-14)26-20(28)13-3-6-15(7-4-13)30-12-18-25-9-10-27(18)2/h3-11,19H,12H2,1-2H3,(H,24,29)(H,26,28). The average molecular weight is 414 g/mol. The summed E-state index contributed by atoms with van der Waals surface area (Å²) in [4.78, 5) is 28.9. The van der Waals surface area contributed by atoms with Crippen LogP contribution >= 0.6 is 0 Å². The summed E-state index contributed by atoms with van der Waals surface area (Å²) in [5.74, 6) is -1.98. The zero-order valence-corrected chi connectivity index (χ0v) is 16.4. The molecule has 0 fully saturated rings. The molecule has 1 heterocycles. The molecule has 0 radical (unpaired) electrons. The Hall–Kier alpha value is -3.75. The molecule has 156 valence electrons. The van der Waals surface area contributed by atoms with E-state index in [-0.39, 0.29) is 17.7 Å². The maximum absolute atomic E-state index is 13.6. The van der Waals surface area contributed by atoms with Crippen LogP contribution in [0.1, 0.15) is 27.8 Å². The third-order valence-electron chi connectivity index (χ3n) is 4.47. The molecule has 0 saturated carbocycles. The summed E-state index contributed by atoms with van der Waals surface area (Å²) in [6, 6.07) is 8.15. The minimum absolute atomic E-state index is 0.122. The monoisotopic (exact) mass is 414 g/mol. The second kappa shape index (κ2) is 9.17. The number of halogens is 2. The van der Waals surface area contributed by atoms with Crippen LogP contribution in [0, 0.1) is 11.6 Å². The number of hydrogen-bond acceptors (Lipinski definition) is 4. The number of nitrogens with zero attached hydrogens (tertiary/aromatic N) is 2. The highest BCUT2D eigenvalue weighted by atomic mass is 19.2. The fourth-order valence-corrected chi connectivity index (χ4v) is 2.74. The molecule has 0 spiro atoms. The molecule has 0 aliphatic carbocycles. The maximum Gasteiger partial charge on any atom is 0.252 e. The van der Waals surface area contributed by atoms with Crippen LogP contribution in [0.15, 0.2) is 54.9 Å². The molecule has 2 amide bonds. The molecule has 1 atom stereocenters. The highest BCUT2D eigenvalue weighted by Crippen LogP contribution is 2.19. The van der Waals surface area contributed by atoms with E-state index in [0.29, 0.717) is 5.75 Å². The van der Waals surface area contributed by atoms with E-state index in [4.69, 9.17) is 4.74 Å². The highest BCUT2D eigenvalue weighted by molar-refractivity contribution is 5.97. The van der Waals surface area contributed by atoms with Gasteiger partial charge in [-0.05, 0) is 42.0 Å². The molecule has 30 heavy (non-hydrogen) atoms. The van der Waals surface area contributed by atoms with Crippen LogP contribution in [0.5, 0.6) is 5.75 Å². The van der Waals surface area contributed by atoms with Gasteiger partial charge < -0.3 is 19.9 Å². The number of rotatable bonds is 7. The minimum Gasteiger partial charge on any atom is -0.486 e. The van der Waals surface area contributed by atoms with Crippen molar-refractivity contribution < 1.29 is 23.1 Å². The number of benzene rings is 2. The van der Waals surface area contributed by atoms with Gasteiger partial charge in [0.15, 0.2) is 11.6 Å². The fraction of sp³-hybridized carbons (Fsp3) is 0.190. The Morgan fingerprint density at radius 3 is 2.47 bits per heavy atom. The van der Waals surface area contributed by atoms with Gasteiger partial charge in [-0.3, -0.25) is 9.59 Å². The van der Waals surface area contributed by atoms with Crippen molar-refractivity contribution in [3.63, 3.8) is 0 Å². The van der Waals surface area contributed by atoms with Crippen LogP contribution in [0.2, 0.25) is 0 Å². The lowest BCUT2D eigenvalue weighted by atomic mass is 10.0. The Balaban J connectivity index is 1.70. The van der Waals surface area contributed by atoms with E-state index < -0.39 is 29.5 Å². The summed E-state index contributed by atoms with van der Waals surface area (Å²) >= 11 is 0. The zero-order valence-electron chi connectivity index (χ0n) is 16.4.